The standard InChI is InChI=1S/C20H32O/c1-18-11-5-4-6-14(18)7-8-15-16(18)9-12-19(2)17(15)10-13-20(19,3)21/h4-5,14-17,21H,6-13H2,1-3H3/t14-,15+,16-,17-,18-,19-,20-/m0/s1. The number of aliphatic hydroxyl groups is 1. The van der Waals surface area contributed by atoms with Crippen LogP contribution in [-0.4, -0.2) is 10.7 Å². The average molecular weight is 288 g/mol. The van der Waals surface area contributed by atoms with Gasteiger partial charge in [0.05, 0.1) is 5.60 Å². The maximum Gasteiger partial charge on any atom is 0.0675 e. The van der Waals surface area contributed by atoms with Crippen molar-refractivity contribution in [1.29, 1.82) is 0 Å². The third-order valence-corrected chi connectivity index (χ3v) is 8.77. The molecule has 0 bridgehead atoms. The Bertz CT molecular complexity index is 464. The van der Waals surface area contributed by atoms with Crippen LogP contribution in [0, 0.1) is 34.5 Å². The first-order valence-electron chi connectivity index (χ1n) is 9.26. The van der Waals surface area contributed by atoms with E-state index < -0.39 is 5.60 Å². The summed E-state index contributed by atoms with van der Waals surface area (Å²) in [7, 11) is 0. The minimum absolute atomic E-state index is 0.182. The van der Waals surface area contributed by atoms with Crippen molar-refractivity contribution in [1.82, 2.24) is 0 Å². The van der Waals surface area contributed by atoms with E-state index in [4.69, 9.17) is 0 Å². The molecule has 4 aliphatic carbocycles. The summed E-state index contributed by atoms with van der Waals surface area (Å²) in [4.78, 5) is 0. The number of hydrogen-bond acceptors (Lipinski definition) is 1. The van der Waals surface area contributed by atoms with Crippen LogP contribution in [0.5, 0.6) is 0 Å². The molecular formula is C20H32O. The Hall–Kier alpha value is -0.300. The van der Waals surface area contributed by atoms with E-state index in [1.165, 1.54) is 44.9 Å². The van der Waals surface area contributed by atoms with Gasteiger partial charge in [-0.2, -0.15) is 0 Å². The van der Waals surface area contributed by atoms with Crippen LogP contribution in [0.3, 0.4) is 0 Å². The zero-order valence-corrected chi connectivity index (χ0v) is 14.1. The van der Waals surface area contributed by atoms with Crippen molar-refractivity contribution in [3.8, 4) is 0 Å². The van der Waals surface area contributed by atoms with Crippen molar-refractivity contribution in [3.63, 3.8) is 0 Å². The summed E-state index contributed by atoms with van der Waals surface area (Å²) >= 11 is 0. The lowest BCUT2D eigenvalue weighted by atomic mass is 9.45. The molecule has 3 fully saturated rings. The molecule has 0 spiro atoms. The van der Waals surface area contributed by atoms with E-state index in [-0.39, 0.29) is 5.41 Å². The van der Waals surface area contributed by atoms with Crippen LogP contribution >= 0.6 is 0 Å². The normalized spacial score (nSPS) is 59.2. The molecule has 21 heavy (non-hydrogen) atoms. The molecule has 118 valence electrons. The fraction of sp³-hybridized carbons (Fsp3) is 0.900. The molecule has 1 nitrogen and oxygen atoms in total. The van der Waals surface area contributed by atoms with Crippen LogP contribution < -0.4 is 0 Å². The first kappa shape index (κ1) is 14.3. The van der Waals surface area contributed by atoms with Crippen molar-refractivity contribution in [2.24, 2.45) is 34.5 Å². The van der Waals surface area contributed by atoms with Gasteiger partial charge in [-0.3, -0.25) is 0 Å². The first-order valence-corrected chi connectivity index (χ1v) is 9.26. The van der Waals surface area contributed by atoms with Crippen molar-refractivity contribution in [2.45, 2.75) is 77.7 Å². The molecule has 4 aliphatic rings. The van der Waals surface area contributed by atoms with Gasteiger partial charge in [0, 0.05) is 0 Å². The number of fused-ring (bicyclic) bond motifs is 5. The van der Waals surface area contributed by atoms with Crippen LogP contribution in [0.1, 0.15) is 72.1 Å². The highest BCUT2D eigenvalue weighted by Crippen LogP contribution is 2.67. The molecule has 0 aromatic heterocycles. The quantitative estimate of drug-likeness (QED) is 0.626. The van der Waals surface area contributed by atoms with Crippen molar-refractivity contribution >= 4 is 0 Å². The Labute approximate surface area is 130 Å². The first-order chi connectivity index (χ1) is 9.88. The fourth-order valence-corrected chi connectivity index (χ4v) is 7.08. The smallest absolute Gasteiger partial charge is 0.0675 e. The molecule has 1 N–H and O–H groups in total. The van der Waals surface area contributed by atoms with Crippen LogP contribution in [0.2, 0.25) is 0 Å². The SMILES string of the molecule is C[C@]12CC=CC[C@H]1CC[C@@H]1[C@@H]2CC[C@@]2(C)[C@H]1CC[C@]2(C)O. The second kappa shape index (κ2) is 4.37. The van der Waals surface area contributed by atoms with Crippen molar-refractivity contribution in [3.05, 3.63) is 12.2 Å². The molecule has 7 atom stereocenters. The summed E-state index contributed by atoms with van der Waals surface area (Å²) in [5.41, 5.74) is 0.308. The molecule has 3 saturated carbocycles. The minimum Gasteiger partial charge on any atom is -0.390 e. The predicted octanol–water partition coefficient (Wildman–Crippen LogP) is 4.95. The molecule has 0 aromatic rings. The van der Waals surface area contributed by atoms with E-state index in [1.807, 2.05) is 0 Å². The topological polar surface area (TPSA) is 20.2 Å². The zero-order valence-electron chi connectivity index (χ0n) is 14.1. The molecule has 0 heterocycles. The van der Waals surface area contributed by atoms with E-state index in [0.717, 1.165) is 30.1 Å². The minimum atomic E-state index is -0.424. The predicted molar refractivity (Wildman–Crippen MR) is 86.9 cm³/mol. The highest BCUT2D eigenvalue weighted by molar-refractivity contribution is 5.14. The maximum absolute atomic E-state index is 10.9. The lowest BCUT2D eigenvalue weighted by Gasteiger charge is -2.60. The van der Waals surface area contributed by atoms with E-state index in [0.29, 0.717) is 5.41 Å². The van der Waals surface area contributed by atoms with Crippen molar-refractivity contribution in [2.75, 3.05) is 0 Å². The molecule has 0 unspecified atom stereocenters. The number of rotatable bonds is 0. The Kier molecular flexibility index (Phi) is 2.98. The summed E-state index contributed by atoms with van der Waals surface area (Å²) in [6, 6.07) is 0. The van der Waals surface area contributed by atoms with Crippen LogP contribution in [0.4, 0.5) is 0 Å². The second-order valence-electron chi connectivity index (χ2n) is 9.34. The monoisotopic (exact) mass is 288 g/mol. The highest BCUT2D eigenvalue weighted by atomic mass is 16.3. The van der Waals surface area contributed by atoms with Gasteiger partial charge in [-0.05, 0) is 92.8 Å². The van der Waals surface area contributed by atoms with Gasteiger partial charge >= 0.3 is 0 Å². The summed E-state index contributed by atoms with van der Waals surface area (Å²) < 4.78 is 0. The van der Waals surface area contributed by atoms with Crippen molar-refractivity contribution < 1.29 is 5.11 Å². The Morgan fingerprint density at radius 3 is 2.48 bits per heavy atom. The third kappa shape index (κ3) is 1.73. The third-order valence-electron chi connectivity index (χ3n) is 8.77. The molecular weight excluding hydrogens is 256 g/mol. The maximum atomic E-state index is 10.9. The Morgan fingerprint density at radius 1 is 0.905 bits per heavy atom. The van der Waals surface area contributed by atoms with E-state index in [9.17, 15) is 5.11 Å². The van der Waals surface area contributed by atoms with Crippen LogP contribution in [0.15, 0.2) is 12.2 Å². The lowest BCUT2D eigenvalue weighted by molar-refractivity contribution is -0.138. The van der Waals surface area contributed by atoms with Crippen LogP contribution in [0.25, 0.3) is 0 Å². The molecule has 1 heteroatoms. The molecule has 0 aromatic carbocycles. The number of hydrogen-bond donors (Lipinski definition) is 1. The lowest BCUT2D eigenvalue weighted by Crippen LogP contribution is -2.55. The van der Waals surface area contributed by atoms with Gasteiger partial charge in [0.1, 0.15) is 0 Å². The van der Waals surface area contributed by atoms with E-state index in [1.54, 1.807) is 0 Å². The summed E-state index contributed by atoms with van der Waals surface area (Å²) in [6.45, 7) is 7.11. The van der Waals surface area contributed by atoms with E-state index in [2.05, 4.69) is 32.9 Å². The Morgan fingerprint density at radius 2 is 1.67 bits per heavy atom. The highest BCUT2D eigenvalue weighted by Gasteiger charge is 2.62. The average Bonchev–Trinajstić information content (AvgIpc) is 2.69. The molecule has 0 aliphatic heterocycles. The summed E-state index contributed by atoms with van der Waals surface area (Å²) in [5.74, 6) is 3.49. The molecule has 4 rings (SSSR count). The van der Waals surface area contributed by atoms with Gasteiger partial charge in [0.15, 0.2) is 0 Å². The summed E-state index contributed by atoms with van der Waals surface area (Å²) in [6.07, 6.45) is 15.3. The molecule has 0 radical (unpaired) electrons. The van der Waals surface area contributed by atoms with Crippen LogP contribution in [-0.2, 0) is 0 Å². The van der Waals surface area contributed by atoms with Gasteiger partial charge in [0.25, 0.3) is 0 Å². The Balaban J connectivity index is 1.68. The van der Waals surface area contributed by atoms with Gasteiger partial charge in [-0.25, -0.2) is 0 Å². The molecule has 0 amide bonds. The van der Waals surface area contributed by atoms with Gasteiger partial charge in [-0.15, -0.1) is 0 Å². The van der Waals surface area contributed by atoms with Gasteiger partial charge in [0.2, 0.25) is 0 Å². The van der Waals surface area contributed by atoms with Gasteiger partial charge < -0.3 is 5.11 Å². The zero-order chi connectivity index (χ0) is 14.9. The van der Waals surface area contributed by atoms with Gasteiger partial charge in [-0.1, -0.05) is 26.0 Å². The largest absolute Gasteiger partial charge is 0.390 e. The fourth-order valence-electron chi connectivity index (χ4n) is 7.08. The van der Waals surface area contributed by atoms with E-state index >= 15 is 0 Å². The number of allylic oxidation sites excluding steroid dienone is 2. The molecule has 0 saturated heterocycles. The summed E-state index contributed by atoms with van der Waals surface area (Å²) in [5, 5.41) is 10.9. The second-order valence-corrected chi connectivity index (χ2v) is 9.34.